The van der Waals surface area contributed by atoms with E-state index in [1.54, 1.807) is 0 Å². The molecule has 0 unspecified atom stereocenters. The number of para-hydroxylation sites is 1. The molecule has 0 saturated heterocycles. The van der Waals surface area contributed by atoms with Crippen molar-refractivity contribution in [3.63, 3.8) is 0 Å². The molecule has 4 heteroatoms. The molecule has 14 heavy (non-hydrogen) atoms. The third kappa shape index (κ3) is 2.74. The SMILES string of the molecule is Cc1cccc(C)c1NOCC(=O)O. The molecule has 0 radical (unpaired) electrons. The maximum Gasteiger partial charge on any atom is 0.332 e. The highest BCUT2D eigenvalue weighted by Crippen LogP contribution is 2.18. The summed E-state index contributed by atoms with van der Waals surface area (Å²) in [5.74, 6) is -0.997. The summed E-state index contributed by atoms with van der Waals surface area (Å²) in [5, 5.41) is 8.37. The van der Waals surface area contributed by atoms with E-state index in [9.17, 15) is 4.79 Å². The molecule has 0 aliphatic heterocycles. The molecule has 0 aliphatic rings. The second-order valence-corrected chi connectivity index (χ2v) is 3.05. The van der Waals surface area contributed by atoms with Crippen molar-refractivity contribution in [2.75, 3.05) is 12.1 Å². The minimum absolute atomic E-state index is 0.353. The van der Waals surface area contributed by atoms with Crippen molar-refractivity contribution in [2.24, 2.45) is 0 Å². The van der Waals surface area contributed by atoms with Crippen molar-refractivity contribution < 1.29 is 14.7 Å². The van der Waals surface area contributed by atoms with Crippen LogP contribution in [0.3, 0.4) is 0 Å². The van der Waals surface area contributed by atoms with E-state index >= 15 is 0 Å². The lowest BCUT2D eigenvalue weighted by Crippen LogP contribution is -2.12. The van der Waals surface area contributed by atoms with Crippen LogP contribution in [-0.2, 0) is 9.63 Å². The highest BCUT2D eigenvalue weighted by molar-refractivity contribution is 5.68. The van der Waals surface area contributed by atoms with E-state index in [-0.39, 0.29) is 6.61 Å². The molecule has 0 aromatic heterocycles. The third-order valence-corrected chi connectivity index (χ3v) is 1.85. The number of aliphatic carboxylic acids is 1. The quantitative estimate of drug-likeness (QED) is 0.718. The summed E-state index contributed by atoms with van der Waals surface area (Å²) in [5.41, 5.74) is 5.51. The monoisotopic (exact) mass is 195 g/mol. The maximum atomic E-state index is 10.2. The maximum absolute atomic E-state index is 10.2. The summed E-state index contributed by atoms with van der Waals surface area (Å²) in [6.07, 6.45) is 0. The minimum atomic E-state index is -0.997. The first-order chi connectivity index (χ1) is 6.61. The van der Waals surface area contributed by atoms with Crippen LogP contribution in [0.1, 0.15) is 11.1 Å². The Kier molecular flexibility index (Phi) is 3.48. The first kappa shape index (κ1) is 10.5. The van der Waals surface area contributed by atoms with Gasteiger partial charge < -0.3 is 5.11 Å². The number of aryl methyl sites for hydroxylation is 2. The fourth-order valence-corrected chi connectivity index (χ4v) is 1.15. The standard InChI is InChI=1S/C10H13NO3/c1-7-4-3-5-8(2)10(7)11-14-6-9(12)13/h3-5,11H,6H2,1-2H3,(H,12,13). The van der Waals surface area contributed by atoms with E-state index < -0.39 is 5.97 Å². The molecule has 2 N–H and O–H groups in total. The zero-order valence-corrected chi connectivity index (χ0v) is 8.20. The second-order valence-electron chi connectivity index (χ2n) is 3.05. The zero-order chi connectivity index (χ0) is 10.6. The Hall–Kier alpha value is -1.55. The molecule has 1 aromatic carbocycles. The Morgan fingerprint density at radius 3 is 2.50 bits per heavy atom. The van der Waals surface area contributed by atoms with Gasteiger partial charge in [-0.2, -0.15) is 0 Å². The number of benzene rings is 1. The Labute approximate surface area is 82.5 Å². The van der Waals surface area contributed by atoms with E-state index in [2.05, 4.69) is 5.48 Å². The molecule has 4 nitrogen and oxygen atoms in total. The van der Waals surface area contributed by atoms with Gasteiger partial charge in [0.05, 0.1) is 5.69 Å². The molecule has 0 bridgehead atoms. The van der Waals surface area contributed by atoms with Crippen molar-refractivity contribution in [1.82, 2.24) is 0 Å². The molecule has 1 aromatic rings. The van der Waals surface area contributed by atoms with Gasteiger partial charge in [0.2, 0.25) is 0 Å². The Balaban J connectivity index is 2.62. The van der Waals surface area contributed by atoms with Crippen LogP contribution in [0.2, 0.25) is 0 Å². The van der Waals surface area contributed by atoms with E-state index in [1.807, 2.05) is 32.0 Å². The zero-order valence-electron chi connectivity index (χ0n) is 8.20. The highest BCUT2D eigenvalue weighted by Gasteiger charge is 2.02. The second kappa shape index (κ2) is 4.62. The van der Waals surface area contributed by atoms with Crippen LogP contribution in [0.4, 0.5) is 5.69 Å². The van der Waals surface area contributed by atoms with E-state index in [0.29, 0.717) is 0 Å². The summed E-state index contributed by atoms with van der Waals surface area (Å²) < 4.78 is 0. The van der Waals surface area contributed by atoms with Gasteiger partial charge in [0.15, 0.2) is 6.61 Å². The van der Waals surface area contributed by atoms with Crippen LogP contribution in [-0.4, -0.2) is 17.7 Å². The molecule has 1 rings (SSSR count). The molecule has 0 atom stereocenters. The largest absolute Gasteiger partial charge is 0.479 e. The van der Waals surface area contributed by atoms with Crippen LogP contribution in [0.15, 0.2) is 18.2 Å². The number of carboxylic acid groups (broad SMARTS) is 1. The number of carboxylic acids is 1. The number of nitrogens with one attached hydrogen (secondary N) is 1. The van der Waals surface area contributed by atoms with Crippen molar-refractivity contribution in [2.45, 2.75) is 13.8 Å². The van der Waals surface area contributed by atoms with Crippen LogP contribution in [0, 0.1) is 13.8 Å². The topological polar surface area (TPSA) is 58.6 Å². The fourth-order valence-electron chi connectivity index (χ4n) is 1.15. The molecule has 0 saturated carbocycles. The number of rotatable bonds is 4. The Bertz CT molecular complexity index is 316. The number of hydrogen-bond donors (Lipinski definition) is 2. The molecule has 0 spiro atoms. The summed E-state index contributed by atoms with van der Waals surface area (Å²) >= 11 is 0. The Morgan fingerprint density at radius 1 is 1.43 bits per heavy atom. The van der Waals surface area contributed by atoms with Crippen molar-refractivity contribution in [3.05, 3.63) is 29.3 Å². The molecule has 0 aliphatic carbocycles. The average Bonchev–Trinajstić information content (AvgIpc) is 2.09. The van der Waals surface area contributed by atoms with E-state index in [0.717, 1.165) is 16.8 Å². The summed E-state index contributed by atoms with van der Waals surface area (Å²) in [7, 11) is 0. The van der Waals surface area contributed by atoms with Gasteiger partial charge in [0.25, 0.3) is 0 Å². The predicted molar refractivity (Wildman–Crippen MR) is 53.1 cm³/mol. The van der Waals surface area contributed by atoms with Gasteiger partial charge in [-0.3, -0.25) is 10.3 Å². The van der Waals surface area contributed by atoms with Crippen molar-refractivity contribution in [1.29, 1.82) is 0 Å². The lowest BCUT2D eigenvalue weighted by molar-refractivity contribution is -0.141. The normalized spacial score (nSPS) is 9.86. The fraction of sp³-hybridized carbons (Fsp3) is 0.300. The number of anilines is 1. The Morgan fingerprint density at radius 2 is 2.00 bits per heavy atom. The number of hydrogen-bond acceptors (Lipinski definition) is 3. The predicted octanol–water partition coefficient (Wildman–Crippen LogP) is 1.73. The number of carbonyl (C=O) groups is 1. The van der Waals surface area contributed by atoms with Gasteiger partial charge in [-0.15, -0.1) is 0 Å². The van der Waals surface area contributed by atoms with Crippen LogP contribution in [0.25, 0.3) is 0 Å². The van der Waals surface area contributed by atoms with Gasteiger partial charge in [-0.25, -0.2) is 4.79 Å². The highest BCUT2D eigenvalue weighted by atomic mass is 16.7. The lowest BCUT2D eigenvalue weighted by Gasteiger charge is -2.10. The van der Waals surface area contributed by atoms with E-state index in [1.165, 1.54) is 0 Å². The third-order valence-electron chi connectivity index (χ3n) is 1.85. The lowest BCUT2D eigenvalue weighted by atomic mass is 10.1. The van der Waals surface area contributed by atoms with Crippen molar-refractivity contribution in [3.8, 4) is 0 Å². The molecule has 0 heterocycles. The van der Waals surface area contributed by atoms with Crippen LogP contribution < -0.4 is 5.48 Å². The molecule has 0 fully saturated rings. The van der Waals surface area contributed by atoms with Gasteiger partial charge in [-0.1, -0.05) is 18.2 Å². The summed E-state index contributed by atoms with van der Waals surface area (Å²) in [4.78, 5) is 15.0. The van der Waals surface area contributed by atoms with Crippen LogP contribution >= 0.6 is 0 Å². The van der Waals surface area contributed by atoms with Gasteiger partial charge in [0, 0.05) is 0 Å². The average molecular weight is 195 g/mol. The molecule has 76 valence electrons. The first-order valence-corrected chi connectivity index (χ1v) is 4.27. The molecular formula is C10H13NO3. The first-order valence-electron chi connectivity index (χ1n) is 4.27. The molecular weight excluding hydrogens is 182 g/mol. The summed E-state index contributed by atoms with van der Waals surface area (Å²) in [6.45, 7) is 3.51. The van der Waals surface area contributed by atoms with Gasteiger partial charge in [0.1, 0.15) is 0 Å². The van der Waals surface area contributed by atoms with Crippen LogP contribution in [0.5, 0.6) is 0 Å². The van der Waals surface area contributed by atoms with Gasteiger partial charge in [-0.05, 0) is 25.0 Å². The van der Waals surface area contributed by atoms with Gasteiger partial charge >= 0.3 is 5.97 Å². The van der Waals surface area contributed by atoms with E-state index in [4.69, 9.17) is 9.94 Å². The smallest absolute Gasteiger partial charge is 0.332 e. The summed E-state index contributed by atoms with van der Waals surface area (Å²) in [6, 6.07) is 5.80. The molecule has 0 amide bonds. The minimum Gasteiger partial charge on any atom is -0.479 e. The van der Waals surface area contributed by atoms with Crippen molar-refractivity contribution >= 4 is 11.7 Å².